The maximum atomic E-state index is 6.27. The van der Waals surface area contributed by atoms with Crippen LogP contribution in [0.2, 0.25) is 0 Å². The maximum absolute atomic E-state index is 6.27. The summed E-state index contributed by atoms with van der Waals surface area (Å²) in [4.78, 5) is 0. The summed E-state index contributed by atoms with van der Waals surface area (Å²) in [5, 5.41) is -0.142. The molecule has 3 nitrogen and oxygen atoms in total. The van der Waals surface area contributed by atoms with Crippen molar-refractivity contribution in [3.63, 3.8) is 0 Å². The highest BCUT2D eigenvalue weighted by molar-refractivity contribution is 7.49. The van der Waals surface area contributed by atoms with E-state index in [9.17, 15) is 0 Å². The molecule has 2 N–H and O–H groups in total. The van der Waals surface area contributed by atoms with Gasteiger partial charge in [0.25, 0.3) is 8.38 Å². The molecule has 0 fully saturated rings. The second kappa shape index (κ2) is 11.0. The van der Waals surface area contributed by atoms with Gasteiger partial charge < -0.3 is 14.8 Å². The van der Waals surface area contributed by atoms with E-state index in [1.165, 1.54) is 0 Å². The summed E-state index contributed by atoms with van der Waals surface area (Å²) in [6.45, 7) is 6.39. The maximum Gasteiger partial charge on any atom is 0.296 e. The highest BCUT2D eigenvalue weighted by Gasteiger charge is 2.35. The van der Waals surface area contributed by atoms with Crippen LogP contribution in [0.5, 0.6) is 11.5 Å². The van der Waals surface area contributed by atoms with Crippen LogP contribution in [-0.2, 0) is 0 Å². The van der Waals surface area contributed by atoms with Gasteiger partial charge in [0.05, 0.1) is 5.16 Å². The topological polar surface area (TPSA) is 44.5 Å². The van der Waals surface area contributed by atoms with Crippen LogP contribution in [0.15, 0.2) is 60.7 Å². The molecular formula is C23H30NO2P. The lowest BCUT2D eigenvalue weighted by molar-refractivity contribution is 0.437. The van der Waals surface area contributed by atoms with Crippen molar-refractivity contribution < 1.29 is 9.05 Å². The van der Waals surface area contributed by atoms with Crippen molar-refractivity contribution in [3.05, 3.63) is 60.7 Å². The minimum atomic E-state index is -1.18. The van der Waals surface area contributed by atoms with Gasteiger partial charge in [0.15, 0.2) is 0 Å². The average molecular weight is 383 g/mol. The molecule has 0 heterocycles. The quantitative estimate of drug-likeness (QED) is 0.417. The summed E-state index contributed by atoms with van der Waals surface area (Å²) in [7, 11) is -1.18. The molecule has 0 bridgehead atoms. The molecule has 2 aromatic rings. The molecule has 27 heavy (non-hydrogen) atoms. The van der Waals surface area contributed by atoms with E-state index in [0.29, 0.717) is 0 Å². The molecule has 144 valence electrons. The fourth-order valence-electron chi connectivity index (χ4n) is 2.36. The molecule has 0 aliphatic heterocycles. The third kappa shape index (κ3) is 8.04. The molecule has 0 spiro atoms. The average Bonchev–Trinajstić information content (AvgIpc) is 2.65. The minimum Gasteiger partial charge on any atom is -0.438 e. The highest BCUT2D eigenvalue weighted by atomic mass is 31.2. The largest absolute Gasteiger partial charge is 0.438 e. The summed E-state index contributed by atoms with van der Waals surface area (Å²) >= 11 is 0. The summed E-state index contributed by atoms with van der Waals surface area (Å²) in [6, 6.07) is 19.9. The Morgan fingerprint density at radius 2 is 1.37 bits per heavy atom. The summed E-state index contributed by atoms with van der Waals surface area (Å²) in [5.74, 6) is 8.15. The van der Waals surface area contributed by atoms with Crippen LogP contribution < -0.4 is 14.8 Å². The van der Waals surface area contributed by atoms with Gasteiger partial charge in [-0.25, -0.2) is 0 Å². The molecular weight excluding hydrogens is 353 g/mol. The van der Waals surface area contributed by atoms with E-state index in [1.807, 2.05) is 67.6 Å². The molecule has 1 unspecified atom stereocenters. The van der Waals surface area contributed by atoms with E-state index in [0.717, 1.165) is 37.2 Å². The normalized spacial score (nSPS) is 12.2. The predicted octanol–water partition coefficient (Wildman–Crippen LogP) is 6.15. The Bertz CT molecular complexity index is 679. The van der Waals surface area contributed by atoms with Gasteiger partial charge in [0.2, 0.25) is 0 Å². The molecule has 2 aromatic carbocycles. The molecule has 0 aliphatic rings. The van der Waals surface area contributed by atoms with E-state index < -0.39 is 8.38 Å². The van der Waals surface area contributed by atoms with Crippen molar-refractivity contribution in [2.45, 2.75) is 57.7 Å². The minimum absolute atomic E-state index is 0.142. The lowest BCUT2D eigenvalue weighted by atomic mass is 10.1. The third-order valence-corrected chi connectivity index (χ3v) is 6.03. The van der Waals surface area contributed by atoms with Gasteiger partial charge >= 0.3 is 0 Å². The van der Waals surface area contributed by atoms with Gasteiger partial charge in [0.1, 0.15) is 11.5 Å². The van der Waals surface area contributed by atoms with Gasteiger partial charge in [-0.05, 0) is 57.9 Å². The van der Waals surface area contributed by atoms with Crippen molar-refractivity contribution in [2.75, 3.05) is 0 Å². The first-order valence-electron chi connectivity index (χ1n) is 9.45. The van der Waals surface area contributed by atoms with E-state index in [2.05, 4.69) is 25.7 Å². The van der Waals surface area contributed by atoms with Crippen LogP contribution in [0.1, 0.15) is 46.5 Å². The second-order valence-electron chi connectivity index (χ2n) is 7.25. The fourth-order valence-corrected chi connectivity index (χ4v) is 3.81. The van der Waals surface area contributed by atoms with Crippen molar-refractivity contribution in [2.24, 2.45) is 5.73 Å². The Hall–Kier alpha value is -2.01. The first kappa shape index (κ1) is 21.3. The first-order chi connectivity index (χ1) is 13.0. The zero-order chi connectivity index (χ0) is 19.5. The number of para-hydroxylation sites is 2. The van der Waals surface area contributed by atoms with Crippen LogP contribution in [0.4, 0.5) is 0 Å². The zero-order valence-electron chi connectivity index (χ0n) is 16.5. The number of hydrogen-bond acceptors (Lipinski definition) is 3. The lowest BCUT2D eigenvalue weighted by Gasteiger charge is -2.32. The molecule has 0 aromatic heterocycles. The lowest BCUT2D eigenvalue weighted by Crippen LogP contribution is -2.22. The highest BCUT2D eigenvalue weighted by Crippen LogP contribution is 2.53. The fraction of sp³-hybridized carbons (Fsp3) is 0.391. The van der Waals surface area contributed by atoms with Gasteiger partial charge in [-0.2, -0.15) is 0 Å². The Balaban J connectivity index is 2.03. The zero-order valence-corrected chi connectivity index (χ0v) is 17.4. The Kier molecular flexibility index (Phi) is 8.65. The van der Waals surface area contributed by atoms with Gasteiger partial charge in [-0.15, -0.1) is 11.8 Å². The molecule has 2 rings (SSSR count). The predicted molar refractivity (Wildman–Crippen MR) is 115 cm³/mol. The molecule has 0 saturated carbocycles. The Labute approximate surface area is 165 Å². The standard InChI is InChI=1S/C23H30NO2P/c1-20(24)14-8-4-5-13-19-23(2,3)27(25-21-15-9-6-10-16-21)26-22-17-11-7-12-18-22/h6-7,9-12,15-18,20H,8,13-14,19,24H2,1-3H3. The van der Waals surface area contributed by atoms with Crippen molar-refractivity contribution in [1.29, 1.82) is 0 Å². The third-order valence-electron chi connectivity index (χ3n) is 4.07. The molecule has 0 aliphatic carbocycles. The van der Waals surface area contributed by atoms with Crippen LogP contribution in [0.25, 0.3) is 0 Å². The Morgan fingerprint density at radius 1 is 0.889 bits per heavy atom. The van der Waals surface area contributed by atoms with E-state index in [4.69, 9.17) is 14.8 Å². The van der Waals surface area contributed by atoms with Crippen LogP contribution in [0, 0.1) is 11.8 Å². The molecule has 1 atom stereocenters. The molecule has 4 heteroatoms. The Morgan fingerprint density at radius 3 is 1.85 bits per heavy atom. The molecule has 0 amide bonds. The summed E-state index contributed by atoms with van der Waals surface area (Å²) < 4.78 is 12.5. The monoisotopic (exact) mass is 383 g/mol. The van der Waals surface area contributed by atoms with Crippen molar-refractivity contribution in [3.8, 4) is 23.3 Å². The summed E-state index contributed by atoms with van der Waals surface area (Å²) in [5.41, 5.74) is 5.76. The first-order valence-corrected chi connectivity index (χ1v) is 10.6. The van der Waals surface area contributed by atoms with E-state index >= 15 is 0 Å². The molecule has 0 radical (unpaired) electrons. The van der Waals surface area contributed by atoms with Crippen molar-refractivity contribution in [1.82, 2.24) is 0 Å². The van der Waals surface area contributed by atoms with Crippen LogP contribution in [-0.4, -0.2) is 11.2 Å². The second-order valence-corrected chi connectivity index (χ2v) is 9.34. The number of hydrogen-bond donors (Lipinski definition) is 1. The van der Waals surface area contributed by atoms with Crippen LogP contribution >= 0.6 is 8.38 Å². The van der Waals surface area contributed by atoms with Crippen molar-refractivity contribution >= 4 is 8.38 Å². The van der Waals surface area contributed by atoms with Gasteiger partial charge in [0, 0.05) is 18.9 Å². The number of rotatable bonds is 9. The number of benzene rings is 2. The summed E-state index contributed by atoms with van der Waals surface area (Å²) in [6.07, 6.45) is 3.52. The molecule has 0 saturated heterocycles. The number of nitrogens with two attached hydrogens (primary N) is 1. The van der Waals surface area contributed by atoms with Gasteiger partial charge in [-0.1, -0.05) is 36.4 Å². The smallest absolute Gasteiger partial charge is 0.296 e. The van der Waals surface area contributed by atoms with E-state index in [1.54, 1.807) is 0 Å². The van der Waals surface area contributed by atoms with Gasteiger partial charge in [-0.3, -0.25) is 0 Å². The SMILES string of the molecule is CC(N)CCC#CCCC(C)(C)P(Oc1ccccc1)Oc1ccccc1. The van der Waals surface area contributed by atoms with Crippen LogP contribution in [0.3, 0.4) is 0 Å². The van der Waals surface area contributed by atoms with E-state index in [-0.39, 0.29) is 11.2 Å².